The first-order valence-corrected chi connectivity index (χ1v) is 8.89. The summed E-state index contributed by atoms with van der Waals surface area (Å²) in [5.41, 5.74) is 1.89. The van der Waals surface area contributed by atoms with Gasteiger partial charge in [0, 0.05) is 5.56 Å². The van der Waals surface area contributed by atoms with Gasteiger partial charge in [-0.1, -0.05) is 31.4 Å². The van der Waals surface area contributed by atoms with E-state index in [1.54, 1.807) is 18.4 Å². The number of rotatable bonds is 6. The topological polar surface area (TPSA) is 71.3 Å². The minimum Gasteiger partial charge on any atom is -0.467 e. The Morgan fingerprint density at radius 1 is 1.00 bits per heavy atom. The number of furan rings is 1. The third-order valence-corrected chi connectivity index (χ3v) is 4.70. The maximum atomic E-state index is 12.2. The highest BCUT2D eigenvalue weighted by Gasteiger charge is 2.16. The lowest BCUT2D eigenvalue weighted by Gasteiger charge is -2.22. The molecule has 0 radical (unpaired) electrons. The van der Waals surface area contributed by atoms with Crippen LogP contribution in [-0.4, -0.2) is 18.4 Å². The van der Waals surface area contributed by atoms with Crippen LogP contribution in [0.1, 0.15) is 59.7 Å². The summed E-state index contributed by atoms with van der Waals surface area (Å²) in [5, 5.41) is 5.34. The summed E-state index contributed by atoms with van der Waals surface area (Å²) in [6, 6.07) is 11.3. The highest BCUT2D eigenvalue weighted by atomic mass is 16.3. The summed E-state index contributed by atoms with van der Waals surface area (Å²) >= 11 is 0. The average molecular weight is 340 g/mol. The fourth-order valence-electron chi connectivity index (χ4n) is 3.27. The fraction of sp³-hybridized carbons (Fsp3) is 0.400. The molecular weight excluding hydrogens is 316 g/mol. The molecule has 1 aromatic carbocycles. The molecule has 1 saturated carbocycles. The lowest BCUT2D eigenvalue weighted by atomic mass is 9.84. The summed E-state index contributed by atoms with van der Waals surface area (Å²) in [6.45, 7) is 0.266. The van der Waals surface area contributed by atoms with Gasteiger partial charge < -0.3 is 15.1 Å². The van der Waals surface area contributed by atoms with Crippen LogP contribution in [0.2, 0.25) is 0 Å². The fourth-order valence-corrected chi connectivity index (χ4v) is 3.27. The van der Waals surface area contributed by atoms with E-state index in [2.05, 4.69) is 10.6 Å². The zero-order chi connectivity index (χ0) is 17.5. The summed E-state index contributed by atoms with van der Waals surface area (Å²) in [6.07, 6.45) is 7.95. The molecule has 1 aliphatic carbocycles. The molecule has 2 amide bonds. The van der Waals surface area contributed by atoms with E-state index in [0.717, 1.165) is 0 Å². The van der Waals surface area contributed by atoms with Gasteiger partial charge in [-0.25, -0.2) is 0 Å². The van der Waals surface area contributed by atoms with Gasteiger partial charge in [-0.05, 0) is 48.6 Å². The van der Waals surface area contributed by atoms with Crippen LogP contribution < -0.4 is 10.6 Å². The second-order valence-electron chi connectivity index (χ2n) is 6.50. The number of carbonyl (C=O) groups excluding carboxylic acids is 2. The Morgan fingerprint density at radius 3 is 2.44 bits per heavy atom. The van der Waals surface area contributed by atoms with Gasteiger partial charge in [-0.3, -0.25) is 9.59 Å². The molecule has 1 aliphatic rings. The molecule has 0 atom stereocenters. The van der Waals surface area contributed by atoms with Crippen molar-refractivity contribution in [3.8, 4) is 0 Å². The number of hydrogen-bond acceptors (Lipinski definition) is 3. The van der Waals surface area contributed by atoms with Gasteiger partial charge in [-0.15, -0.1) is 0 Å². The lowest BCUT2D eigenvalue weighted by Crippen LogP contribution is -2.36. The first-order chi connectivity index (χ1) is 12.2. The Morgan fingerprint density at radius 2 is 1.76 bits per heavy atom. The Bertz CT molecular complexity index is 686. The van der Waals surface area contributed by atoms with E-state index < -0.39 is 0 Å². The van der Waals surface area contributed by atoms with Crippen molar-refractivity contribution in [1.82, 2.24) is 10.6 Å². The van der Waals surface area contributed by atoms with E-state index >= 15 is 0 Å². The van der Waals surface area contributed by atoms with Gasteiger partial charge in [0.2, 0.25) is 5.91 Å². The lowest BCUT2D eigenvalue weighted by molar-refractivity contribution is -0.120. The number of nitrogens with one attached hydrogen (secondary N) is 2. The predicted molar refractivity (Wildman–Crippen MR) is 95.2 cm³/mol. The summed E-state index contributed by atoms with van der Waals surface area (Å²) < 4.78 is 5.14. The second kappa shape index (κ2) is 8.51. The van der Waals surface area contributed by atoms with Crippen molar-refractivity contribution in [2.75, 3.05) is 6.54 Å². The molecule has 5 nitrogen and oxygen atoms in total. The normalized spacial score (nSPS) is 14.9. The highest BCUT2D eigenvalue weighted by Crippen LogP contribution is 2.32. The van der Waals surface area contributed by atoms with Gasteiger partial charge in [0.15, 0.2) is 0 Å². The molecule has 0 aliphatic heterocycles. The van der Waals surface area contributed by atoms with E-state index in [1.165, 1.54) is 37.7 Å². The Kier molecular flexibility index (Phi) is 5.88. The standard InChI is InChI=1S/C20H24N2O3/c23-19(21-13-18-7-4-12-25-18)14-22-20(24)17-10-8-16(9-11-17)15-5-2-1-3-6-15/h4,7-12,15H,1-3,5-6,13-14H2,(H,21,23)(H,22,24). The van der Waals surface area contributed by atoms with Crippen molar-refractivity contribution in [2.45, 2.75) is 44.6 Å². The Labute approximate surface area is 147 Å². The smallest absolute Gasteiger partial charge is 0.251 e. The number of amides is 2. The molecule has 0 unspecified atom stereocenters. The first-order valence-electron chi connectivity index (χ1n) is 8.89. The number of carbonyl (C=O) groups is 2. The molecule has 5 heteroatoms. The predicted octanol–water partition coefficient (Wildman–Crippen LogP) is 3.37. The zero-order valence-electron chi connectivity index (χ0n) is 14.3. The molecule has 25 heavy (non-hydrogen) atoms. The number of benzene rings is 1. The molecule has 132 valence electrons. The van der Waals surface area contributed by atoms with Crippen LogP contribution >= 0.6 is 0 Å². The van der Waals surface area contributed by atoms with Crippen molar-refractivity contribution >= 4 is 11.8 Å². The molecule has 1 aromatic heterocycles. The summed E-state index contributed by atoms with van der Waals surface area (Å²) in [5.74, 6) is 0.822. The van der Waals surface area contributed by atoms with Crippen LogP contribution in [0.15, 0.2) is 47.1 Å². The minimum absolute atomic E-state index is 0.0517. The van der Waals surface area contributed by atoms with Gasteiger partial charge in [0.1, 0.15) is 5.76 Å². The Hall–Kier alpha value is -2.56. The van der Waals surface area contributed by atoms with Gasteiger partial charge >= 0.3 is 0 Å². The quantitative estimate of drug-likeness (QED) is 0.847. The van der Waals surface area contributed by atoms with Crippen LogP contribution in [0.5, 0.6) is 0 Å². The molecule has 1 heterocycles. The van der Waals surface area contributed by atoms with E-state index in [9.17, 15) is 9.59 Å². The number of hydrogen-bond donors (Lipinski definition) is 2. The van der Waals surface area contributed by atoms with Crippen LogP contribution in [0, 0.1) is 0 Å². The van der Waals surface area contributed by atoms with Gasteiger partial charge in [-0.2, -0.15) is 0 Å². The third-order valence-electron chi connectivity index (χ3n) is 4.70. The monoisotopic (exact) mass is 340 g/mol. The van der Waals surface area contributed by atoms with Gasteiger partial charge in [0.05, 0.1) is 19.4 Å². The molecule has 1 fully saturated rings. The van der Waals surface area contributed by atoms with E-state index in [0.29, 0.717) is 23.8 Å². The summed E-state index contributed by atoms with van der Waals surface area (Å²) in [7, 11) is 0. The van der Waals surface area contributed by atoms with E-state index in [4.69, 9.17) is 4.42 Å². The van der Waals surface area contributed by atoms with Crippen LogP contribution in [0.4, 0.5) is 0 Å². The third kappa shape index (κ3) is 4.95. The van der Waals surface area contributed by atoms with Crippen molar-refractivity contribution in [1.29, 1.82) is 0 Å². The zero-order valence-corrected chi connectivity index (χ0v) is 14.3. The molecule has 0 spiro atoms. The van der Waals surface area contributed by atoms with Crippen molar-refractivity contribution < 1.29 is 14.0 Å². The molecule has 0 bridgehead atoms. The summed E-state index contributed by atoms with van der Waals surface area (Å²) in [4.78, 5) is 23.9. The highest BCUT2D eigenvalue weighted by molar-refractivity contribution is 5.96. The van der Waals surface area contributed by atoms with Crippen LogP contribution in [0.3, 0.4) is 0 Å². The van der Waals surface area contributed by atoms with E-state index in [-0.39, 0.29) is 18.4 Å². The average Bonchev–Trinajstić information content (AvgIpc) is 3.19. The minimum atomic E-state index is -0.247. The first kappa shape index (κ1) is 17.3. The maximum absolute atomic E-state index is 12.2. The van der Waals surface area contributed by atoms with Crippen molar-refractivity contribution in [3.05, 3.63) is 59.5 Å². The largest absolute Gasteiger partial charge is 0.467 e. The molecule has 3 rings (SSSR count). The molecule has 2 aromatic rings. The van der Waals surface area contributed by atoms with Crippen LogP contribution in [0.25, 0.3) is 0 Å². The Balaban J connectivity index is 1.45. The van der Waals surface area contributed by atoms with Crippen LogP contribution in [-0.2, 0) is 11.3 Å². The van der Waals surface area contributed by atoms with Crippen molar-refractivity contribution in [2.24, 2.45) is 0 Å². The molecule has 0 saturated heterocycles. The van der Waals surface area contributed by atoms with Gasteiger partial charge in [0.25, 0.3) is 5.91 Å². The molecule has 2 N–H and O–H groups in total. The SMILES string of the molecule is O=C(CNC(=O)c1ccc(C2CCCCC2)cc1)NCc1ccco1. The molecular formula is C20H24N2O3. The second-order valence-corrected chi connectivity index (χ2v) is 6.50. The van der Waals surface area contributed by atoms with Crippen molar-refractivity contribution in [3.63, 3.8) is 0 Å². The van der Waals surface area contributed by atoms with E-state index in [1.807, 2.05) is 24.3 Å². The maximum Gasteiger partial charge on any atom is 0.251 e.